The fourth-order valence-electron chi connectivity index (χ4n) is 1.55. The van der Waals surface area contributed by atoms with E-state index in [1.807, 2.05) is 25.9 Å². The number of aromatic nitrogens is 2. The van der Waals surface area contributed by atoms with Crippen LogP contribution in [0.15, 0.2) is 0 Å². The number of hydrogen-bond donors (Lipinski definition) is 0. The van der Waals surface area contributed by atoms with Crippen molar-refractivity contribution in [2.75, 3.05) is 19.0 Å². The highest BCUT2D eigenvalue weighted by molar-refractivity contribution is 5.50. The van der Waals surface area contributed by atoms with Gasteiger partial charge in [-0.2, -0.15) is 5.10 Å². The van der Waals surface area contributed by atoms with Crippen molar-refractivity contribution in [3.8, 4) is 0 Å². The first kappa shape index (κ1) is 8.44. The van der Waals surface area contributed by atoms with Gasteiger partial charge in [0.2, 0.25) is 0 Å². The molecule has 0 saturated carbocycles. The van der Waals surface area contributed by atoms with Gasteiger partial charge in [-0.1, -0.05) is 0 Å². The molecule has 0 fully saturated rings. The molecule has 1 aliphatic rings. The van der Waals surface area contributed by atoms with Crippen LogP contribution in [0.2, 0.25) is 0 Å². The summed E-state index contributed by atoms with van der Waals surface area (Å²) in [5, 5.41) is 8.25. The molecule has 70 valence electrons. The van der Waals surface area contributed by atoms with Crippen LogP contribution < -0.4 is 4.90 Å². The fraction of sp³-hybridized carbons (Fsp3) is 0.556. The largest absolute Gasteiger partial charge is 0.372 e. The van der Waals surface area contributed by atoms with E-state index in [2.05, 4.69) is 10.2 Å². The van der Waals surface area contributed by atoms with Crippen LogP contribution >= 0.6 is 0 Å². The standard InChI is InChI=1S/C9H13N3O/c1-6-7-4-13-5-8(7)9(11-10-6)12(2)3/h4-5H2,1-3H3. The quantitative estimate of drug-likeness (QED) is 0.641. The van der Waals surface area contributed by atoms with Crippen LogP contribution in [0, 0.1) is 6.92 Å². The summed E-state index contributed by atoms with van der Waals surface area (Å²) < 4.78 is 5.38. The zero-order valence-electron chi connectivity index (χ0n) is 8.16. The molecule has 0 aliphatic carbocycles. The summed E-state index contributed by atoms with van der Waals surface area (Å²) in [6.45, 7) is 3.32. The molecule has 0 saturated heterocycles. The number of fused-ring (bicyclic) bond motifs is 1. The van der Waals surface area contributed by atoms with Gasteiger partial charge < -0.3 is 9.64 Å². The first-order valence-electron chi connectivity index (χ1n) is 4.30. The average Bonchev–Trinajstić information content (AvgIpc) is 2.53. The molecule has 4 heteroatoms. The van der Waals surface area contributed by atoms with Gasteiger partial charge in [-0.3, -0.25) is 0 Å². The van der Waals surface area contributed by atoms with Gasteiger partial charge in [0.05, 0.1) is 18.9 Å². The van der Waals surface area contributed by atoms with Gasteiger partial charge in [0, 0.05) is 25.2 Å². The third-order valence-corrected chi connectivity index (χ3v) is 2.28. The topological polar surface area (TPSA) is 38.2 Å². The monoisotopic (exact) mass is 179 g/mol. The normalized spacial score (nSPS) is 14.4. The van der Waals surface area contributed by atoms with Crippen LogP contribution in [0.3, 0.4) is 0 Å². The zero-order chi connectivity index (χ0) is 9.42. The Morgan fingerprint density at radius 2 is 1.85 bits per heavy atom. The van der Waals surface area contributed by atoms with Crippen LogP contribution in [0.1, 0.15) is 16.8 Å². The van der Waals surface area contributed by atoms with Crippen molar-refractivity contribution >= 4 is 5.82 Å². The van der Waals surface area contributed by atoms with Crippen molar-refractivity contribution in [2.45, 2.75) is 20.1 Å². The molecule has 0 spiro atoms. The first-order valence-corrected chi connectivity index (χ1v) is 4.30. The number of ether oxygens (including phenoxy) is 1. The van der Waals surface area contributed by atoms with E-state index in [4.69, 9.17) is 4.74 Å². The van der Waals surface area contributed by atoms with Crippen molar-refractivity contribution in [1.29, 1.82) is 0 Å². The molecule has 4 nitrogen and oxygen atoms in total. The Morgan fingerprint density at radius 1 is 1.15 bits per heavy atom. The summed E-state index contributed by atoms with van der Waals surface area (Å²) in [5.41, 5.74) is 3.38. The molecular weight excluding hydrogens is 166 g/mol. The summed E-state index contributed by atoms with van der Waals surface area (Å²) >= 11 is 0. The summed E-state index contributed by atoms with van der Waals surface area (Å²) in [6, 6.07) is 0. The van der Waals surface area contributed by atoms with E-state index in [1.54, 1.807) is 0 Å². The van der Waals surface area contributed by atoms with Crippen molar-refractivity contribution in [1.82, 2.24) is 10.2 Å². The van der Waals surface area contributed by atoms with Gasteiger partial charge in [-0.05, 0) is 6.92 Å². The van der Waals surface area contributed by atoms with E-state index in [0.717, 1.165) is 11.5 Å². The van der Waals surface area contributed by atoms with Crippen molar-refractivity contribution < 1.29 is 4.74 Å². The predicted molar refractivity (Wildman–Crippen MR) is 49.6 cm³/mol. The molecule has 2 heterocycles. The second-order valence-electron chi connectivity index (χ2n) is 3.45. The van der Waals surface area contributed by atoms with E-state index in [1.165, 1.54) is 11.1 Å². The summed E-state index contributed by atoms with van der Waals surface area (Å²) in [6.07, 6.45) is 0. The first-order chi connectivity index (χ1) is 6.20. The summed E-state index contributed by atoms with van der Waals surface area (Å²) in [5.74, 6) is 0.929. The molecule has 0 radical (unpaired) electrons. The molecule has 0 unspecified atom stereocenters. The molecule has 1 aliphatic heterocycles. The summed E-state index contributed by atoms with van der Waals surface area (Å²) in [4.78, 5) is 1.97. The lowest BCUT2D eigenvalue weighted by atomic mass is 10.1. The molecular formula is C9H13N3O. The molecule has 1 aromatic rings. The number of hydrogen-bond acceptors (Lipinski definition) is 4. The van der Waals surface area contributed by atoms with Gasteiger partial charge >= 0.3 is 0 Å². The van der Waals surface area contributed by atoms with Gasteiger partial charge in [0.25, 0.3) is 0 Å². The lowest BCUT2D eigenvalue weighted by Crippen LogP contribution is -2.15. The Hall–Kier alpha value is -1.16. The van der Waals surface area contributed by atoms with Gasteiger partial charge in [0.1, 0.15) is 0 Å². The Balaban J connectivity index is 2.56. The van der Waals surface area contributed by atoms with Gasteiger partial charge in [-0.25, -0.2) is 0 Å². The number of anilines is 1. The third-order valence-electron chi connectivity index (χ3n) is 2.28. The maximum atomic E-state index is 5.38. The second-order valence-corrected chi connectivity index (χ2v) is 3.45. The molecule has 0 N–H and O–H groups in total. The average molecular weight is 179 g/mol. The van der Waals surface area contributed by atoms with Crippen molar-refractivity contribution in [2.24, 2.45) is 0 Å². The fourth-order valence-corrected chi connectivity index (χ4v) is 1.55. The highest BCUT2D eigenvalue weighted by atomic mass is 16.5. The lowest BCUT2D eigenvalue weighted by molar-refractivity contribution is 0.134. The minimum Gasteiger partial charge on any atom is -0.372 e. The molecule has 1 aromatic heterocycles. The molecule has 0 atom stereocenters. The third kappa shape index (κ3) is 1.27. The zero-order valence-corrected chi connectivity index (χ0v) is 8.16. The number of aryl methyl sites for hydroxylation is 1. The highest BCUT2D eigenvalue weighted by Crippen LogP contribution is 2.27. The van der Waals surface area contributed by atoms with Crippen LogP contribution in [0.5, 0.6) is 0 Å². The van der Waals surface area contributed by atoms with E-state index in [9.17, 15) is 0 Å². The molecule has 13 heavy (non-hydrogen) atoms. The Morgan fingerprint density at radius 3 is 2.54 bits per heavy atom. The summed E-state index contributed by atoms with van der Waals surface area (Å²) in [7, 11) is 3.94. The lowest BCUT2D eigenvalue weighted by Gasteiger charge is -2.14. The van der Waals surface area contributed by atoms with Crippen molar-refractivity contribution in [3.63, 3.8) is 0 Å². The maximum Gasteiger partial charge on any atom is 0.156 e. The Labute approximate surface area is 77.5 Å². The second kappa shape index (κ2) is 2.96. The molecule has 0 bridgehead atoms. The van der Waals surface area contributed by atoms with Crippen molar-refractivity contribution in [3.05, 3.63) is 16.8 Å². The van der Waals surface area contributed by atoms with E-state index in [-0.39, 0.29) is 0 Å². The SMILES string of the molecule is Cc1nnc(N(C)C)c2c1COC2. The van der Waals surface area contributed by atoms with Crippen LogP contribution in [-0.4, -0.2) is 24.3 Å². The Bertz CT molecular complexity index is 336. The number of nitrogens with zero attached hydrogens (tertiary/aromatic N) is 3. The van der Waals surface area contributed by atoms with Crippen LogP contribution in [0.4, 0.5) is 5.82 Å². The smallest absolute Gasteiger partial charge is 0.156 e. The minimum atomic E-state index is 0.666. The maximum absolute atomic E-state index is 5.38. The van der Waals surface area contributed by atoms with Gasteiger partial charge in [-0.15, -0.1) is 5.10 Å². The van der Waals surface area contributed by atoms with E-state index >= 15 is 0 Å². The number of rotatable bonds is 1. The van der Waals surface area contributed by atoms with E-state index in [0.29, 0.717) is 13.2 Å². The minimum absolute atomic E-state index is 0.666. The van der Waals surface area contributed by atoms with Gasteiger partial charge in [0.15, 0.2) is 5.82 Å². The highest BCUT2D eigenvalue weighted by Gasteiger charge is 2.20. The van der Waals surface area contributed by atoms with E-state index < -0.39 is 0 Å². The predicted octanol–water partition coefficient (Wildman–Crippen LogP) is 0.881. The molecule has 0 aromatic carbocycles. The molecule has 0 amide bonds. The molecule has 2 rings (SSSR count). The van der Waals surface area contributed by atoms with Crippen LogP contribution in [-0.2, 0) is 18.0 Å². The van der Waals surface area contributed by atoms with Crippen LogP contribution in [0.25, 0.3) is 0 Å². The Kier molecular flexibility index (Phi) is 1.92.